The molecule has 75 heavy (non-hydrogen) atoms. The average molecular weight is 1070 g/mol. The molecule has 0 aromatic heterocycles. The van der Waals surface area contributed by atoms with Gasteiger partial charge in [-0.2, -0.15) is 0 Å². The van der Waals surface area contributed by atoms with Crippen LogP contribution in [0.2, 0.25) is 31.2 Å². The van der Waals surface area contributed by atoms with Crippen molar-refractivity contribution in [3.8, 4) is 5.75 Å². The van der Waals surface area contributed by atoms with Crippen LogP contribution in [0.3, 0.4) is 0 Å². The van der Waals surface area contributed by atoms with E-state index in [1.807, 2.05) is 99.6 Å². The van der Waals surface area contributed by atoms with E-state index in [0.29, 0.717) is 17.7 Å². The Morgan fingerprint density at radius 3 is 2.09 bits per heavy atom. The van der Waals surface area contributed by atoms with Crippen molar-refractivity contribution in [2.24, 2.45) is 0 Å². The first-order chi connectivity index (χ1) is 35.5. The van der Waals surface area contributed by atoms with Crippen molar-refractivity contribution in [3.05, 3.63) is 126 Å². The first kappa shape index (κ1) is 60.0. The molecule has 3 saturated heterocycles. The normalized spacial score (nSPS) is 26.7. The van der Waals surface area contributed by atoms with E-state index in [4.69, 9.17) is 51.8 Å². The fourth-order valence-electron chi connectivity index (χ4n) is 9.53. The smallest absolute Gasteiger partial charge is 0.333 e. The first-order valence-corrected chi connectivity index (χ1v) is 32.8. The number of rotatable bonds is 24. The Hall–Kier alpha value is -4.27. The largest absolute Gasteiger partial charge is 0.497 e. The van der Waals surface area contributed by atoms with E-state index < -0.39 is 95.5 Å². The second kappa shape index (κ2) is 26.4. The summed E-state index contributed by atoms with van der Waals surface area (Å²) < 4.78 is 74.2. The number of unbranched alkanes of at least 4 members (excludes halogenated alkanes) is 2. The maximum Gasteiger partial charge on any atom is 0.333 e. The van der Waals surface area contributed by atoms with E-state index in [2.05, 4.69) is 72.6 Å². The molecular formula is C60H86O13Si2. The minimum Gasteiger partial charge on any atom is -0.497 e. The molecule has 11 atom stereocenters. The van der Waals surface area contributed by atoms with E-state index in [1.54, 1.807) is 33.1 Å². The number of benzene rings is 3. The quantitative estimate of drug-likeness (QED) is 0.0277. The van der Waals surface area contributed by atoms with Gasteiger partial charge in [-0.05, 0) is 94.0 Å². The molecule has 0 N–H and O–H groups in total. The number of ether oxygens (including phenoxy) is 10. The summed E-state index contributed by atoms with van der Waals surface area (Å²) in [5, 5.41) is 1.65. The van der Waals surface area contributed by atoms with Crippen molar-refractivity contribution in [1.29, 1.82) is 0 Å². The fraction of sp³-hybridized carbons (Fsp3) is 0.567. The SMILES string of the molecule is C=CC[C@H](CCCCC)O[C@@H]1O[C@H](C)[C@@H]2OC(C)(C)O[C@@H]2[C@H]1O[C@@H]1O[C@H](COCc2ccc(OC)cc2)[C@@H](OC(=O)/C=C(/c2ccccc2)[Si](C)(C)c2ccccc2)[C@H](OC(=O)/C(C)=C/C)[C@H]1O[Si](C)(C)C(C)(C)C. The van der Waals surface area contributed by atoms with Crippen LogP contribution in [0, 0.1) is 0 Å². The van der Waals surface area contributed by atoms with Crippen LogP contribution in [0.25, 0.3) is 5.20 Å². The van der Waals surface area contributed by atoms with Gasteiger partial charge in [-0.3, -0.25) is 0 Å². The van der Waals surface area contributed by atoms with E-state index >= 15 is 4.79 Å². The molecule has 3 heterocycles. The third kappa shape index (κ3) is 15.5. The Labute approximate surface area is 449 Å². The molecule has 6 rings (SSSR count). The third-order valence-corrected chi connectivity index (χ3v) is 23.1. The van der Waals surface area contributed by atoms with Crippen LogP contribution in [-0.4, -0.2) is 115 Å². The molecule has 0 aliphatic carbocycles. The van der Waals surface area contributed by atoms with Crippen LogP contribution in [-0.2, 0) is 63.3 Å². The average Bonchev–Trinajstić information content (AvgIpc) is 3.71. The molecule has 13 nitrogen and oxygen atoms in total. The van der Waals surface area contributed by atoms with Gasteiger partial charge in [0, 0.05) is 11.6 Å². The maximum atomic E-state index is 15.1. The molecule has 15 heteroatoms. The number of hydrogen-bond donors (Lipinski definition) is 0. The van der Waals surface area contributed by atoms with Gasteiger partial charge in [0.1, 0.15) is 44.3 Å². The standard InChI is InChI=1S/C60H86O13Si2/c1-16-19-22-30-45(27-17-2)66-57-54(53-50(41(5)65-57)71-60(9,10)72-53)70-58-55(73-75(14,15)59(6,7)8)52(69-56(62)40(4)18-3)51(47(67-58)39-64-38-42-33-35-44(63-11)36-34-42)68-49(61)37-48(43-28-23-20-24-29-43)74(12,13)46-31-25-21-26-32-46/h17-18,20-21,23-26,28-29,31-37,41,45,47,50-55,57-58H,2,16,19,22,27,30,38-39H2,1,3-15H3/b40-18+,48-37-/t41-,45-,47-,50+,51-,52+,53+,54-,55-,57+,58+/m1/s1. The van der Waals surface area contributed by atoms with Gasteiger partial charge in [0.15, 0.2) is 38.9 Å². The zero-order valence-electron chi connectivity index (χ0n) is 47.1. The zero-order chi connectivity index (χ0) is 54.7. The number of hydrogen-bond acceptors (Lipinski definition) is 13. The lowest BCUT2D eigenvalue weighted by molar-refractivity contribution is -0.360. The van der Waals surface area contributed by atoms with Gasteiger partial charge in [-0.1, -0.05) is 150 Å². The number of methoxy groups -OCH3 is 1. The highest BCUT2D eigenvalue weighted by Gasteiger charge is 2.60. The van der Waals surface area contributed by atoms with Crippen LogP contribution >= 0.6 is 0 Å². The number of allylic oxidation sites excluding steroid dienone is 1. The highest BCUT2D eigenvalue weighted by molar-refractivity contribution is 7.04. The molecule has 3 aromatic rings. The monoisotopic (exact) mass is 1070 g/mol. The molecule has 0 radical (unpaired) electrons. The fourth-order valence-corrected chi connectivity index (χ4v) is 13.5. The second-order valence-corrected chi connectivity index (χ2v) is 31.7. The number of carbonyl (C=O) groups is 2. The minimum atomic E-state index is -2.85. The predicted octanol–water partition coefficient (Wildman–Crippen LogP) is 11.5. The van der Waals surface area contributed by atoms with Crippen molar-refractivity contribution >= 4 is 38.7 Å². The molecule has 0 bridgehead atoms. The van der Waals surface area contributed by atoms with E-state index in [-0.39, 0.29) is 24.4 Å². The molecule has 0 amide bonds. The number of fused-ring (bicyclic) bond motifs is 1. The van der Waals surface area contributed by atoms with Crippen LogP contribution in [0.4, 0.5) is 0 Å². The molecular weight excluding hydrogens is 985 g/mol. The molecule has 3 fully saturated rings. The zero-order valence-corrected chi connectivity index (χ0v) is 49.1. The van der Waals surface area contributed by atoms with Crippen LogP contribution in [0.5, 0.6) is 5.75 Å². The molecule has 3 aromatic carbocycles. The Morgan fingerprint density at radius 1 is 0.827 bits per heavy atom. The highest BCUT2D eigenvalue weighted by atomic mass is 28.4. The van der Waals surface area contributed by atoms with Crippen molar-refractivity contribution in [2.75, 3.05) is 13.7 Å². The highest BCUT2D eigenvalue weighted by Crippen LogP contribution is 2.44. The molecule has 412 valence electrons. The van der Waals surface area contributed by atoms with E-state index in [0.717, 1.165) is 47.2 Å². The van der Waals surface area contributed by atoms with Crippen LogP contribution in [0.1, 0.15) is 106 Å². The summed E-state index contributed by atoms with van der Waals surface area (Å²) in [6, 6.07) is 27.7. The van der Waals surface area contributed by atoms with Gasteiger partial charge in [0.05, 0.1) is 32.5 Å². The molecule has 0 unspecified atom stereocenters. The maximum absolute atomic E-state index is 15.1. The van der Waals surface area contributed by atoms with Crippen LogP contribution < -0.4 is 9.92 Å². The lowest BCUT2D eigenvalue weighted by Crippen LogP contribution is -2.67. The summed E-state index contributed by atoms with van der Waals surface area (Å²) in [6.45, 7) is 30.4. The Kier molecular flexibility index (Phi) is 21.1. The lowest BCUT2D eigenvalue weighted by Gasteiger charge is -2.51. The Morgan fingerprint density at radius 2 is 1.48 bits per heavy atom. The van der Waals surface area contributed by atoms with Gasteiger partial charge < -0.3 is 51.8 Å². The van der Waals surface area contributed by atoms with E-state index in [1.165, 1.54) is 0 Å². The summed E-state index contributed by atoms with van der Waals surface area (Å²) in [5.74, 6) is -1.54. The number of carbonyl (C=O) groups excluding carboxylic acids is 2. The lowest BCUT2D eigenvalue weighted by atomic mass is 9.96. The summed E-state index contributed by atoms with van der Waals surface area (Å²) in [4.78, 5) is 29.5. The van der Waals surface area contributed by atoms with Gasteiger partial charge in [0.2, 0.25) is 0 Å². The molecule has 0 spiro atoms. The van der Waals surface area contributed by atoms with Crippen molar-refractivity contribution in [1.82, 2.24) is 0 Å². The first-order valence-electron chi connectivity index (χ1n) is 26.9. The molecule has 0 saturated carbocycles. The van der Waals surface area contributed by atoms with Crippen molar-refractivity contribution in [3.63, 3.8) is 0 Å². The Bertz CT molecular complexity index is 2360. The van der Waals surface area contributed by atoms with Crippen molar-refractivity contribution < 1.29 is 61.4 Å². The van der Waals surface area contributed by atoms with Crippen molar-refractivity contribution in [2.45, 2.75) is 206 Å². The van der Waals surface area contributed by atoms with Crippen LogP contribution in [0.15, 0.2) is 115 Å². The molecule has 3 aliphatic rings. The second-order valence-electron chi connectivity index (χ2n) is 22.6. The summed E-state index contributed by atoms with van der Waals surface area (Å²) >= 11 is 0. The molecule has 3 aliphatic heterocycles. The van der Waals surface area contributed by atoms with Gasteiger partial charge in [-0.25, -0.2) is 9.59 Å². The Balaban J connectivity index is 1.51. The van der Waals surface area contributed by atoms with E-state index in [9.17, 15) is 4.79 Å². The predicted molar refractivity (Wildman–Crippen MR) is 297 cm³/mol. The summed E-state index contributed by atoms with van der Waals surface area (Å²) in [6.07, 6.45) is -0.300. The van der Waals surface area contributed by atoms with Gasteiger partial charge in [0.25, 0.3) is 0 Å². The van der Waals surface area contributed by atoms with Gasteiger partial charge >= 0.3 is 11.9 Å². The third-order valence-electron chi connectivity index (χ3n) is 15.0. The summed E-state index contributed by atoms with van der Waals surface area (Å²) in [7, 11) is -3.80. The van der Waals surface area contributed by atoms with Gasteiger partial charge in [-0.15, -0.1) is 6.58 Å². The summed E-state index contributed by atoms with van der Waals surface area (Å²) in [5.41, 5.74) is 2.12. The minimum absolute atomic E-state index is 0.109. The number of esters is 2. The topological polar surface area (TPSA) is 136 Å².